The lowest BCUT2D eigenvalue weighted by molar-refractivity contribution is -0.128. The number of carbonyl (C=O) groups is 2. The van der Waals surface area contributed by atoms with Gasteiger partial charge in [0.05, 0.1) is 12.2 Å². The van der Waals surface area contributed by atoms with E-state index in [1.54, 1.807) is 6.92 Å². The Kier molecular flexibility index (Phi) is 4.18. The third kappa shape index (κ3) is 3.17. The van der Waals surface area contributed by atoms with Crippen molar-refractivity contribution in [3.8, 4) is 5.75 Å². The second-order valence-electron chi connectivity index (χ2n) is 3.98. The molecule has 0 bridgehead atoms. The van der Waals surface area contributed by atoms with E-state index in [0.29, 0.717) is 5.39 Å². The van der Waals surface area contributed by atoms with E-state index < -0.39 is 17.6 Å². The van der Waals surface area contributed by atoms with Crippen LogP contribution in [0.5, 0.6) is 5.75 Å². The minimum Gasteiger partial charge on any atom is -0.462 e. The zero-order valence-electron chi connectivity index (χ0n) is 11.3. The predicted octanol–water partition coefficient (Wildman–Crippen LogP) is 2.06. The van der Waals surface area contributed by atoms with Gasteiger partial charge in [-0.1, -0.05) is 6.58 Å². The smallest absolute Gasteiger partial charge is 0.339 e. The number of rotatable bonds is 4. The first-order chi connectivity index (χ1) is 10.0. The maximum Gasteiger partial charge on any atom is 0.339 e. The molecule has 0 aliphatic carbocycles. The fourth-order valence-corrected chi connectivity index (χ4v) is 1.74. The van der Waals surface area contributed by atoms with Crippen LogP contribution in [0, 0.1) is 0 Å². The van der Waals surface area contributed by atoms with Gasteiger partial charge >= 0.3 is 17.6 Å². The van der Waals surface area contributed by atoms with Gasteiger partial charge in [0.15, 0.2) is 0 Å². The number of hydrogen-bond donors (Lipinski definition) is 0. The Morgan fingerprint density at radius 2 is 2.10 bits per heavy atom. The summed E-state index contributed by atoms with van der Waals surface area (Å²) in [5.74, 6) is -1.08. The van der Waals surface area contributed by atoms with E-state index in [1.807, 2.05) is 0 Å². The van der Waals surface area contributed by atoms with E-state index in [1.165, 1.54) is 18.2 Å². The summed E-state index contributed by atoms with van der Waals surface area (Å²) in [7, 11) is 0. The normalized spacial score (nSPS) is 10.1. The lowest BCUT2D eigenvalue weighted by Crippen LogP contribution is -2.10. The minimum absolute atomic E-state index is 0.102. The highest BCUT2D eigenvalue weighted by Gasteiger charge is 2.15. The highest BCUT2D eigenvalue weighted by Crippen LogP contribution is 2.23. The summed E-state index contributed by atoms with van der Waals surface area (Å²) in [6.45, 7) is 5.14. The maximum absolute atomic E-state index is 11.8. The van der Waals surface area contributed by atoms with Crippen molar-refractivity contribution in [2.45, 2.75) is 6.92 Å². The third-order valence-electron chi connectivity index (χ3n) is 2.60. The van der Waals surface area contributed by atoms with Crippen molar-refractivity contribution in [3.05, 3.63) is 52.9 Å². The molecule has 0 saturated heterocycles. The molecule has 0 saturated carbocycles. The lowest BCUT2D eigenvalue weighted by Gasteiger charge is -2.06. The van der Waals surface area contributed by atoms with Gasteiger partial charge in [0.25, 0.3) is 0 Å². The molecule has 0 spiro atoms. The third-order valence-corrected chi connectivity index (χ3v) is 2.60. The molecule has 0 atom stereocenters. The van der Waals surface area contributed by atoms with Gasteiger partial charge in [-0.25, -0.2) is 14.4 Å². The molecule has 0 N–H and O–H groups in total. The SMILES string of the molecule is C=CC(=O)Oc1ccc2c(C(=O)OCC)cc(=O)oc2c1. The zero-order chi connectivity index (χ0) is 15.4. The number of ether oxygens (including phenoxy) is 2. The molecular weight excluding hydrogens is 276 g/mol. The van der Waals surface area contributed by atoms with Gasteiger partial charge in [-0.3, -0.25) is 0 Å². The molecule has 2 aromatic rings. The summed E-state index contributed by atoms with van der Waals surface area (Å²) in [4.78, 5) is 34.5. The van der Waals surface area contributed by atoms with Crippen molar-refractivity contribution >= 4 is 22.9 Å². The van der Waals surface area contributed by atoms with Crippen molar-refractivity contribution in [2.24, 2.45) is 0 Å². The molecule has 0 aliphatic rings. The van der Waals surface area contributed by atoms with E-state index in [0.717, 1.165) is 12.1 Å². The molecule has 0 amide bonds. The average Bonchev–Trinajstić information content (AvgIpc) is 2.46. The summed E-state index contributed by atoms with van der Waals surface area (Å²) in [5.41, 5.74) is -0.470. The Hall–Kier alpha value is -2.89. The highest BCUT2D eigenvalue weighted by atomic mass is 16.5. The van der Waals surface area contributed by atoms with Crippen LogP contribution in [0.15, 0.2) is 46.1 Å². The molecule has 2 rings (SSSR count). The monoisotopic (exact) mass is 288 g/mol. The highest BCUT2D eigenvalue weighted by molar-refractivity contribution is 6.03. The molecule has 108 valence electrons. The summed E-state index contributed by atoms with van der Waals surface area (Å²) < 4.78 is 14.8. The molecule has 21 heavy (non-hydrogen) atoms. The largest absolute Gasteiger partial charge is 0.462 e. The fourth-order valence-electron chi connectivity index (χ4n) is 1.74. The number of benzene rings is 1. The minimum atomic E-state index is -0.697. The second-order valence-corrected chi connectivity index (χ2v) is 3.98. The fraction of sp³-hybridized carbons (Fsp3) is 0.133. The number of fused-ring (bicyclic) bond motifs is 1. The molecular formula is C15H12O6. The predicted molar refractivity (Wildman–Crippen MR) is 74.3 cm³/mol. The van der Waals surface area contributed by atoms with E-state index >= 15 is 0 Å². The van der Waals surface area contributed by atoms with Crippen molar-refractivity contribution in [3.63, 3.8) is 0 Å². The Morgan fingerprint density at radius 1 is 1.33 bits per heavy atom. The van der Waals surface area contributed by atoms with Crippen LogP contribution >= 0.6 is 0 Å². The van der Waals surface area contributed by atoms with Crippen LogP contribution in [-0.2, 0) is 9.53 Å². The van der Waals surface area contributed by atoms with Crippen LogP contribution < -0.4 is 10.4 Å². The summed E-state index contributed by atoms with van der Waals surface area (Å²) in [5, 5.41) is 0.395. The number of carbonyl (C=O) groups excluding carboxylic acids is 2. The Labute approximate surface area is 119 Å². The number of esters is 2. The van der Waals surface area contributed by atoms with Gasteiger partial charge in [0, 0.05) is 23.6 Å². The standard InChI is InChI=1S/C15H12O6/c1-3-13(16)20-9-5-6-10-11(15(18)19-4-2)8-14(17)21-12(10)7-9/h3,5-8H,1,4H2,2H3. The average molecular weight is 288 g/mol. The Bertz CT molecular complexity index is 771. The second kappa shape index (κ2) is 6.04. The Morgan fingerprint density at radius 3 is 2.76 bits per heavy atom. The van der Waals surface area contributed by atoms with Crippen LogP contribution in [0.4, 0.5) is 0 Å². The first-order valence-corrected chi connectivity index (χ1v) is 6.14. The van der Waals surface area contributed by atoms with Crippen LogP contribution in [-0.4, -0.2) is 18.5 Å². The van der Waals surface area contributed by atoms with Crippen LogP contribution in [0.25, 0.3) is 11.0 Å². The molecule has 1 aromatic carbocycles. The van der Waals surface area contributed by atoms with Gasteiger partial charge in [0.2, 0.25) is 0 Å². The van der Waals surface area contributed by atoms with Gasteiger partial charge in [-0.2, -0.15) is 0 Å². The summed E-state index contributed by atoms with van der Waals surface area (Å²) in [6.07, 6.45) is 1.01. The first-order valence-electron chi connectivity index (χ1n) is 6.14. The lowest BCUT2D eigenvalue weighted by atomic mass is 10.1. The van der Waals surface area contributed by atoms with Crippen LogP contribution in [0.1, 0.15) is 17.3 Å². The molecule has 0 radical (unpaired) electrons. The van der Waals surface area contributed by atoms with Crippen molar-refractivity contribution in [1.82, 2.24) is 0 Å². The zero-order valence-corrected chi connectivity index (χ0v) is 11.3. The molecule has 0 aliphatic heterocycles. The molecule has 0 fully saturated rings. The molecule has 1 heterocycles. The van der Waals surface area contributed by atoms with E-state index in [2.05, 4.69) is 6.58 Å². The Balaban J connectivity index is 2.53. The molecule has 6 heteroatoms. The summed E-state index contributed by atoms with van der Waals surface area (Å²) in [6, 6.07) is 5.40. The summed E-state index contributed by atoms with van der Waals surface area (Å²) >= 11 is 0. The van der Waals surface area contributed by atoms with Gasteiger partial charge in [-0.15, -0.1) is 0 Å². The van der Waals surface area contributed by atoms with Gasteiger partial charge in [0.1, 0.15) is 11.3 Å². The topological polar surface area (TPSA) is 82.8 Å². The van der Waals surface area contributed by atoms with E-state index in [4.69, 9.17) is 13.9 Å². The maximum atomic E-state index is 11.8. The molecule has 6 nitrogen and oxygen atoms in total. The first kappa shape index (κ1) is 14.5. The van der Waals surface area contributed by atoms with Crippen molar-refractivity contribution in [2.75, 3.05) is 6.61 Å². The van der Waals surface area contributed by atoms with Crippen molar-refractivity contribution < 1.29 is 23.5 Å². The number of hydrogen-bond acceptors (Lipinski definition) is 6. The van der Waals surface area contributed by atoms with Gasteiger partial charge < -0.3 is 13.9 Å². The van der Waals surface area contributed by atoms with Crippen LogP contribution in [0.3, 0.4) is 0 Å². The van der Waals surface area contributed by atoms with E-state index in [9.17, 15) is 14.4 Å². The van der Waals surface area contributed by atoms with E-state index in [-0.39, 0.29) is 23.5 Å². The molecule has 1 aromatic heterocycles. The van der Waals surface area contributed by atoms with Gasteiger partial charge in [-0.05, 0) is 19.1 Å². The molecule has 0 unspecified atom stereocenters. The van der Waals surface area contributed by atoms with Crippen LogP contribution in [0.2, 0.25) is 0 Å². The van der Waals surface area contributed by atoms with Crippen molar-refractivity contribution in [1.29, 1.82) is 0 Å². The quantitative estimate of drug-likeness (QED) is 0.370.